The molecule has 0 amide bonds. The highest BCUT2D eigenvalue weighted by Crippen LogP contribution is 2.30. The molecule has 1 N–H and O–H groups in total. The summed E-state index contributed by atoms with van der Waals surface area (Å²) in [6, 6.07) is 16.2. The van der Waals surface area contributed by atoms with Crippen molar-refractivity contribution in [2.45, 2.75) is 25.2 Å². The van der Waals surface area contributed by atoms with Gasteiger partial charge in [-0.1, -0.05) is 36.4 Å². The monoisotopic (exact) mass is 391 g/mol. The van der Waals surface area contributed by atoms with E-state index in [0.29, 0.717) is 26.4 Å². The van der Waals surface area contributed by atoms with Crippen LogP contribution in [-0.4, -0.2) is 55.1 Å². The van der Waals surface area contributed by atoms with Gasteiger partial charge in [-0.25, -0.2) is 0 Å². The molecule has 4 rings (SSSR count). The van der Waals surface area contributed by atoms with Gasteiger partial charge in [-0.2, -0.15) is 0 Å². The van der Waals surface area contributed by atoms with Gasteiger partial charge in [0.1, 0.15) is 6.61 Å². The van der Waals surface area contributed by atoms with Crippen LogP contribution in [0.2, 0.25) is 0 Å². The molecule has 146 valence electrons. The molecule has 2 atom stereocenters. The first-order valence-corrected chi connectivity index (χ1v) is 9.21. The van der Waals surface area contributed by atoms with E-state index in [-0.39, 0.29) is 19.9 Å². The summed E-state index contributed by atoms with van der Waals surface area (Å²) < 4.78 is 17.2. The Morgan fingerprint density at radius 2 is 1.85 bits per heavy atom. The molecular formula is C21H26ClNO4. The Labute approximate surface area is 167 Å². The van der Waals surface area contributed by atoms with E-state index < -0.39 is 6.10 Å². The first kappa shape index (κ1) is 20.0. The second-order valence-corrected chi connectivity index (χ2v) is 6.94. The molecule has 2 aromatic rings. The lowest BCUT2D eigenvalue weighted by Gasteiger charge is -2.30. The molecule has 2 heterocycles. The summed E-state index contributed by atoms with van der Waals surface area (Å²) in [5.41, 5.74) is 2.78. The molecule has 0 fully saturated rings. The molecule has 2 aromatic carbocycles. The Bertz CT molecular complexity index is 748. The molecule has 0 aromatic heterocycles. The topological polar surface area (TPSA) is 51.2 Å². The summed E-state index contributed by atoms with van der Waals surface area (Å²) >= 11 is 0. The molecule has 0 saturated carbocycles. The number of β-amino-alcohol motifs (C(OH)–C–C–N with tert-alkyl or cyclic N) is 1. The highest BCUT2D eigenvalue weighted by molar-refractivity contribution is 5.40. The van der Waals surface area contributed by atoms with Gasteiger partial charge in [-0.15, -0.1) is 0 Å². The van der Waals surface area contributed by atoms with Crippen LogP contribution in [0.25, 0.3) is 0 Å². The Hall–Kier alpha value is -1.79. The van der Waals surface area contributed by atoms with Gasteiger partial charge in [0, 0.05) is 19.6 Å². The van der Waals surface area contributed by atoms with Crippen molar-refractivity contribution in [2.24, 2.45) is 0 Å². The average Bonchev–Trinajstić information content (AvgIpc) is 2.68. The van der Waals surface area contributed by atoms with E-state index in [0.717, 1.165) is 31.0 Å². The fourth-order valence-corrected chi connectivity index (χ4v) is 3.54. The van der Waals surface area contributed by atoms with Crippen molar-refractivity contribution in [3.63, 3.8) is 0 Å². The third-order valence-corrected chi connectivity index (χ3v) is 4.86. The summed E-state index contributed by atoms with van der Waals surface area (Å²) in [6.45, 7) is 3.68. The van der Waals surface area contributed by atoms with Gasteiger partial charge in [-0.3, -0.25) is 4.90 Å². The molecule has 0 radical (unpaired) electrons. The Morgan fingerprint density at radius 1 is 1.11 bits per heavy atom. The summed E-state index contributed by atoms with van der Waals surface area (Å²) in [5, 5.41) is 10.3. The Balaban J connectivity index is 0.00000140. The van der Waals surface area contributed by atoms with Crippen LogP contribution >= 0.6 is 0 Å². The van der Waals surface area contributed by atoms with Crippen LogP contribution in [0.1, 0.15) is 12.6 Å². The number of fused-ring (bicyclic) bond motifs is 2. The third kappa shape index (κ3) is 5.14. The number of nitrogens with zero attached hydrogens (tertiary/aromatic N) is 1. The van der Waals surface area contributed by atoms with Gasteiger partial charge in [0.05, 0.1) is 19.3 Å². The van der Waals surface area contributed by atoms with E-state index in [2.05, 4.69) is 29.2 Å². The molecule has 0 aliphatic carbocycles. The number of ether oxygens (including phenoxy) is 3. The first-order chi connectivity index (χ1) is 12.8. The van der Waals surface area contributed by atoms with Crippen LogP contribution in [0.5, 0.6) is 11.5 Å². The van der Waals surface area contributed by atoms with E-state index >= 15 is 0 Å². The molecule has 0 saturated heterocycles. The van der Waals surface area contributed by atoms with Gasteiger partial charge in [0.2, 0.25) is 0 Å². The zero-order chi connectivity index (χ0) is 17.8. The third-order valence-electron chi connectivity index (χ3n) is 4.86. The summed E-state index contributed by atoms with van der Waals surface area (Å²) in [5.74, 6) is 1.52. The maximum atomic E-state index is 10.3. The van der Waals surface area contributed by atoms with Crippen molar-refractivity contribution >= 4 is 0 Å². The molecule has 0 bridgehead atoms. The highest BCUT2D eigenvalue weighted by Gasteiger charge is 2.22. The number of halogens is 1. The summed E-state index contributed by atoms with van der Waals surface area (Å²) in [4.78, 5) is 2.28. The van der Waals surface area contributed by atoms with Gasteiger partial charge in [-0.05, 0) is 29.7 Å². The minimum atomic E-state index is -0.503. The maximum absolute atomic E-state index is 10.3. The quantitative estimate of drug-likeness (QED) is 0.711. The van der Waals surface area contributed by atoms with Crippen LogP contribution in [0.15, 0.2) is 48.5 Å². The van der Waals surface area contributed by atoms with E-state index in [4.69, 9.17) is 14.2 Å². The zero-order valence-corrected chi connectivity index (χ0v) is 16.0. The number of aliphatic hydroxyl groups is 1. The molecule has 27 heavy (non-hydrogen) atoms. The van der Waals surface area contributed by atoms with Crippen molar-refractivity contribution < 1.29 is 33.2 Å². The van der Waals surface area contributed by atoms with Gasteiger partial charge < -0.3 is 31.7 Å². The predicted octanol–water partition coefficient (Wildman–Crippen LogP) is -0.621. The van der Waals surface area contributed by atoms with Gasteiger partial charge >= 0.3 is 1.43 Å². The van der Waals surface area contributed by atoms with Crippen LogP contribution in [0.4, 0.5) is 0 Å². The normalized spacial score (nSPS) is 19.7. The predicted molar refractivity (Wildman–Crippen MR) is 99.7 cm³/mol. The standard InChI is InChI=1S/C21H25NO4.ClH/c23-18(12-22-10-9-16-5-1-2-6-17(16)11-22)13-24-14-19-15-25-20-7-3-4-8-21(20)26-19;/h1-8,18-19,23H,9-15H2;1H. The number of hydrogen-bond acceptors (Lipinski definition) is 5. The van der Waals surface area contributed by atoms with E-state index in [1.54, 1.807) is 0 Å². The number of aliphatic hydroxyl groups excluding tert-OH is 1. The highest BCUT2D eigenvalue weighted by atomic mass is 35.5. The van der Waals surface area contributed by atoms with Gasteiger partial charge in [0.25, 0.3) is 0 Å². The smallest absolute Gasteiger partial charge is 1.00 e. The number of hydrogen-bond donors (Lipinski definition) is 1. The zero-order valence-electron chi connectivity index (χ0n) is 16.2. The van der Waals surface area contributed by atoms with Crippen LogP contribution in [0, 0.1) is 0 Å². The molecular weight excluding hydrogens is 366 g/mol. The SMILES string of the molecule is OC(COCC1COc2ccccc2O1)CN1CCc2ccccc2C1.[Cl-].[H+]. The van der Waals surface area contributed by atoms with Crippen molar-refractivity contribution in [2.75, 3.05) is 32.9 Å². The fourth-order valence-electron chi connectivity index (χ4n) is 3.54. The number of rotatable bonds is 6. The van der Waals surface area contributed by atoms with E-state index in [1.807, 2.05) is 24.3 Å². The average molecular weight is 392 g/mol. The van der Waals surface area contributed by atoms with Gasteiger partial charge in [0.15, 0.2) is 17.6 Å². The van der Waals surface area contributed by atoms with Crippen LogP contribution in [-0.2, 0) is 17.7 Å². The minimum Gasteiger partial charge on any atom is -1.00 e. The number of benzene rings is 2. The molecule has 2 aliphatic heterocycles. The van der Waals surface area contributed by atoms with Crippen LogP contribution < -0.4 is 21.9 Å². The first-order valence-electron chi connectivity index (χ1n) is 9.21. The number of para-hydroxylation sites is 2. The summed E-state index contributed by atoms with van der Waals surface area (Å²) in [6.07, 6.45) is 0.396. The van der Waals surface area contributed by atoms with Crippen LogP contribution in [0.3, 0.4) is 0 Å². The Morgan fingerprint density at radius 3 is 2.70 bits per heavy atom. The Kier molecular flexibility index (Phi) is 6.96. The van der Waals surface area contributed by atoms with Crippen molar-refractivity contribution in [3.8, 4) is 11.5 Å². The van der Waals surface area contributed by atoms with Crippen molar-refractivity contribution in [1.82, 2.24) is 4.90 Å². The van der Waals surface area contributed by atoms with Crippen molar-refractivity contribution in [3.05, 3.63) is 59.7 Å². The molecule has 2 aliphatic rings. The second-order valence-electron chi connectivity index (χ2n) is 6.94. The molecule has 5 nitrogen and oxygen atoms in total. The summed E-state index contributed by atoms with van der Waals surface area (Å²) in [7, 11) is 0. The minimum absolute atomic E-state index is 0. The van der Waals surface area contributed by atoms with E-state index in [1.165, 1.54) is 11.1 Å². The largest absolute Gasteiger partial charge is 1.00 e. The lowest BCUT2D eigenvalue weighted by Crippen LogP contribution is -3.00. The molecule has 0 spiro atoms. The molecule has 2 unspecified atom stereocenters. The second kappa shape index (κ2) is 9.42. The van der Waals surface area contributed by atoms with Crippen molar-refractivity contribution in [1.29, 1.82) is 0 Å². The molecule has 6 heteroatoms. The lowest BCUT2D eigenvalue weighted by atomic mass is 10.00. The van der Waals surface area contributed by atoms with E-state index in [9.17, 15) is 5.11 Å². The lowest BCUT2D eigenvalue weighted by molar-refractivity contribution is -0.0298. The fraction of sp³-hybridized carbons (Fsp3) is 0.429. The maximum Gasteiger partial charge on any atom is 1.00 e.